The van der Waals surface area contributed by atoms with Gasteiger partial charge in [0.2, 0.25) is 5.91 Å². The van der Waals surface area contributed by atoms with Crippen molar-refractivity contribution in [3.63, 3.8) is 0 Å². The van der Waals surface area contributed by atoms with Crippen molar-refractivity contribution < 1.29 is 42.9 Å². The second-order valence-electron chi connectivity index (χ2n) is 14.4. The molecule has 1 aliphatic rings. The van der Waals surface area contributed by atoms with Crippen LogP contribution in [0.25, 0.3) is 0 Å². The Labute approximate surface area is 304 Å². The van der Waals surface area contributed by atoms with Gasteiger partial charge in [0.25, 0.3) is 0 Å². The molecule has 0 aliphatic carbocycles. The third-order valence-corrected chi connectivity index (χ3v) is 9.50. The number of amides is 1. The maximum atomic E-state index is 12.3. The quantitative estimate of drug-likeness (QED) is 0.0442. The van der Waals surface area contributed by atoms with Gasteiger partial charge in [-0.25, -0.2) is 0 Å². The number of esters is 3. The van der Waals surface area contributed by atoms with Crippen LogP contribution < -0.4 is 5.32 Å². The number of hydrogen-bond donors (Lipinski definition) is 1. The van der Waals surface area contributed by atoms with Gasteiger partial charge in [-0.05, 0) is 18.8 Å². The van der Waals surface area contributed by atoms with E-state index in [0.29, 0.717) is 12.5 Å². The van der Waals surface area contributed by atoms with Crippen LogP contribution in [0.2, 0.25) is 0 Å². The molecule has 50 heavy (non-hydrogen) atoms. The van der Waals surface area contributed by atoms with E-state index in [2.05, 4.69) is 19.2 Å². The summed E-state index contributed by atoms with van der Waals surface area (Å²) in [5, 5.41) is 2.81. The van der Waals surface area contributed by atoms with Crippen LogP contribution >= 0.6 is 0 Å². The summed E-state index contributed by atoms with van der Waals surface area (Å²) in [5.41, 5.74) is 0. The zero-order valence-corrected chi connectivity index (χ0v) is 32.6. The van der Waals surface area contributed by atoms with E-state index < -0.39 is 48.6 Å². The van der Waals surface area contributed by atoms with Gasteiger partial charge in [-0.2, -0.15) is 0 Å². The van der Waals surface area contributed by atoms with E-state index in [1.54, 1.807) is 0 Å². The number of hydrogen-bond acceptors (Lipinski definition) is 9. The Morgan fingerprint density at radius 3 is 1.40 bits per heavy atom. The van der Waals surface area contributed by atoms with Gasteiger partial charge in [-0.3, -0.25) is 19.2 Å². The van der Waals surface area contributed by atoms with Crippen molar-refractivity contribution in [2.75, 3.05) is 13.2 Å². The molecule has 0 aromatic carbocycles. The maximum absolute atomic E-state index is 12.3. The highest BCUT2D eigenvalue weighted by molar-refractivity contribution is 5.73. The van der Waals surface area contributed by atoms with Crippen molar-refractivity contribution in [3.8, 4) is 0 Å². The molecule has 1 heterocycles. The van der Waals surface area contributed by atoms with Gasteiger partial charge >= 0.3 is 17.9 Å². The Morgan fingerprint density at radius 1 is 0.580 bits per heavy atom. The molecule has 1 aliphatic heterocycles. The van der Waals surface area contributed by atoms with Gasteiger partial charge in [0.15, 0.2) is 18.5 Å². The third-order valence-electron chi connectivity index (χ3n) is 9.50. The summed E-state index contributed by atoms with van der Waals surface area (Å²) in [5.74, 6) is -1.86. The van der Waals surface area contributed by atoms with Crippen LogP contribution in [0.5, 0.6) is 0 Å². The second kappa shape index (κ2) is 29.4. The first-order chi connectivity index (χ1) is 24.1. The SMILES string of the molecule is CCCCCCCCCCCCC(CCCCCCCCCCCC)CO[C@@H]1O[C@H](COC(C)=O)[C@H](OC(C)=O)[C@H](OC(C)=O)[C@@H]1NC(C)=O. The summed E-state index contributed by atoms with van der Waals surface area (Å²) in [6.07, 6.45) is 23.4. The van der Waals surface area contributed by atoms with Crippen LogP contribution in [0.3, 0.4) is 0 Å². The molecule has 1 saturated heterocycles. The van der Waals surface area contributed by atoms with Crippen molar-refractivity contribution in [2.24, 2.45) is 5.92 Å². The van der Waals surface area contributed by atoms with Crippen LogP contribution in [0, 0.1) is 5.92 Å². The summed E-state index contributed by atoms with van der Waals surface area (Å²) in [6.45, 7) is 9.77. The first-order valence-corrected chi connectivity index (χ1v) is 20.1. The minimum absolute atomic E-state index is 0.238. The lowest BCUT2D eigenvalue weighted by molar-refractivity contribution is -0.280. The lowest BCUT2D eigenvalue weighted by Gasteiger charge is -2.45. The summed E-state index contributed by atoms with van der Waals surface area (Å²) < 4.78 is 29.1. The average molecular weight is 712 g/mol. The highest BCUT2D eigenvalue weighted by Crippen LogP contribution is 2.29. The Balaban J connectivity index is 2.92. The molecule has 1 amide bonds. The van der Waals surface area contributed by atoms with Gasteiger partial charge in [-0.15, -0.1) is 0 Å². The highest BCUT2D eigenvalue weighted by atomic mass is 16.7. The smallest absolute Gasteiger partial charge is 0.303 e. The molecular weight excluding hydrogens is 638 g/mol. The summed E-state index contributed by atoms with van der Waals surface area (Å²) in [7, 11) is 0. The van der Waals surface area contributed by atoms with E-state index >= 15 is 0 Å². The van der Waals surface area contributed by atoms with Crippen molar-refractivity contribution >= 4 is 23.8 Å². The van der Waals surface area contributed by atoms with E-state index in [1.807, 2.05) is 0 Å². The van der Waals surface area contributed by atoms with Crippen LogP contribution in [-0.2, 0) is 42.9 Å². The molecular formula is C40H73NO9. The van der Waals surface area contributed by atoms with Crippen molar-refractivity contribution in [2.45, 2.75) is 213 Å². The van der Waals surface area contributed by atoms with Gasteiger partial charge in [0.1, 0.15) is 18.8 Å². The standard InChI is InChI=1S/C40H73NO9/c1-7-9-11-13-15-17-19-21-23-25-27-35(28-26-24-22-20-18-16-14-12-10-8-2)29-47-40-37(41-31(3)42)39(49-34(6)45)38(48-33(5)44)36(50-40)30-46-32(4)43/h35-40H,7-30H2,1-6H3,(H,41,42)/t36-,37+,38+,39-,40-/m1/s1. The molecule has 1 rings (SSSR count). The predicted octanol–water partition coefficient (Wildman–Crippen LogP) is 8.90. The molecule has 0 bridgehead atoms. The summed E-state index contributed by atoms with van der Waals surface area (Å²) >= 11 is 0. The summed E-state index contributed by atoms with van der Waals surface area (Å²) in [4.78, 5) is 48.3. The Morgan fingerprint density at radius 2 is 1.00 bits per heavy atom. The average Bonchev–Trinajstić information content (AvgIpc) is 3.05. The van der Waals surface area contributed by atoms with Gasteiger partial charge < -0.3 is 29.0 Å². The monoisotopic (exact) mass is 712 g/mol. The maximum Gasteiger partial charge on any atom is 0.303 e. The Hall–Kier alpha value is -2.20. The first-order valence-electron chi connectivity index (χ1n) is 20.1. The van der Waals surface area contributed by atoms with Crippen LogP contribution in [-0.4, -0.2) is 67.7 Å². The van der Waals surface area contributed by atoms with Gasteiger partial charge in [0, 0.05) is 27.7 Å². The second-order valence-corrected chi connectivity index (χ2v) is 14.4. The van der Waals surface area contributed by atoms with E-state index in [0.717, 1.165) is 25.7 Å². The van der Waals surface area contributed by atoms with E-state index in [-0.39, 0.29) is 12.5 Å². The van der Waals surface area contributed by atoms with Gasteiger partial charge in [-0.1, -0.05) is 142 Å². The zero-order valence-electron chi connectivity index (χ0n) is 32.6. The van der Waals surface area contributed by atoms with Crippen molar-refractivity contribution in [1.29, 1.82) is 0 Å². The molecule has 1 fully saturated rings. The fourth-order valence-electron chi connectivity index (χ4n) is 6.82. The largest absolute Gasteiger partial charge is 0.463 e. The van der Waals surface area contributed by atoms with Crippen LogP contribution in [0.1, 0.15) is 183 Å². The van der Waals surface area contributed by atoms with Crippen LogP contribution in [0.4, 0.5) is 0 Å². The lowest BCUT2D eigenvalue weighted by Crippen LogP contribution is -2.66. The molecule has 292 valence electrons. The molecule has 0 radical (unpaired) electrons. The minimum atomic E-state index is -1.12. The van der Waals surface area contributed by atoms with E-state index in [4.69, 9.17) is 23.7 Å². The number of unbranched alkanes of at least 4 members (excludes halogenated alkanes) is 18. The molecule has 0 aromatic rings. The van der Waals surface area contributed by atoms with Crippen molar-refractivity contribution in [3.05, 3.63) is 0 Å². The van der Waals surface area contributed by atoms with Gasteiger partial charge in [0.05, 0.1) is 6.61 Å². The molecule has 10 heteroatoms. The predicted molar refractivity (Wildman–Crippen MR) is 196 cm³/mol. The normalized spacial score (nSPS) is 20.4. The number of nitrogens with one attached hydrogen (secondary N) is 1. The number of ether oxygens (including phenoxy) is 5. The fraction of sp³-hybridized carbons (Fsp3) is 0.900. The molecule has 10 nitrogen and oxygen atoms in total. The number of carbonyl (C=O) groups excluding carboxylic acids is 4. The first kappa shape index (κ1) is 45.8. The molecule has 0 saturated carbocycles. The summed E-state index contributed by atoms with van der Waals surface area (Å²) in [6, 6.07) is -0.940. The molecule has 0 spiro atoms. The zero-order chi connectivity index (χ0) is 37.0. The minimum Gasteiger partial charge on any atom is -0.463 e. The molecule has 1 N–H and O–H groups in total. The fourth-order valence-corrected chi connectivity index (χ4v) is 6.82. The molecule has 0 aromatic heterocycles. The lowest BCUT2D eigenvalue weighted by atomic mass is 9.94. The number of carbonyl (C=O) groups is 4. The number of rotatable bonds is 30. The van der Waals surface area contributed by atoms with E-state index in [9.17, 15) is 19.2 Å². The third kappa shape index (κ3) is 22.6. The Bertz CT molecular complexity index is 889. The highest BCUT2D eigenvalue weighted by Gasteiger charge is 2.51. The van der Waals surface area contributed by atoms with Crippen LogP contribution in [0.15, 0.2) is 0 Å². The van der Waals surface area contributed by atoms with Crippen molar-refractivity contribution in [1.82, 2.24) is 5.32 Å². The van der Waals surface area contributed by atoms with E-state index in [1.165, 1.54) is 143 Å². The topological polar surface area (TPSA) is 126 Å². The Kier molecular flexibility index (Phi) is 26.9. The molecule has 5 atom stereocenters. The molecule has 0 unspecified atom stereocenters.